The van der Waals surface area contributed by atoms with Gasteiger partial charge in [-0.1, -0.05) is 0 Å². The summed E-state index contributed by atoms with van der Waals surface area (Å²) in [6, 6.07) is 3.22. The van der Waals surface area contributed by atoms with Crippen LogP contribution in [0.4, 0.5) is 5.69 Å². The average Bonchev–Trinajstić information content (AvgIpc) is 2.65. The summed E-state index contributed by atoms with van der Waals surface area (Å²) in [5.74, 6) is -0.412. The lowest BCUT2D eigenvalue weighted by atomic mass is 10.0. The number of rotatable bonds is 8. The molecular formula is C23H32N2O7. The Balaban J connectivity index is 2.17. The number of hydrogen-bond donors (Lipinski definition) is 1. The van der Waals surface area contributed by atoms with Gasteiger partial charge in [-0.3, -0.25) is 19.2 Å². The number of ether oxygens (including phenoxy) is 3. The van der Waals surface area contributed by atoms with E-state index in [0.717, 1.165) is 0 Å². The molecule has 0 aliphatic carbocycles. The highest BCUT2D eigenvalue weighted by atomic mass is 16.6. The van der Waals surface area contributed by atoms with E-state index < -0.39 is 18.0 Å². The van der Waals surface area contributed by atoms with Crippen LogP contribution in [0.3, 0.4) is 0 Å². The molecule has 2 rings (SSSR count). The Labute approximate surface area is 188 Å². The molecule has 176 valence electrons. The van der Waals surface area contributed by atoms with Crippen LogP contribution in [0.2, 0.25) is 0 Å². The summed E-state index contributed by atoms with van der Waals surface area (Å²) in [6.07, 6.45) is 0.533. The maximum Gasteiger partial charge on any atom is 0.308 e. The number of amides is 2. The number of benzene rings is 1. The summed E-state index contributed by atoms with van der Waals surface area (Å²) in [5.41, 5.74) is 0.760. The third-order valence-corrected chi connectivity index (χ3v) is 4.97. The van der Waals surface area contributed by atoms with E-state index in [1.54, 1.807) is 17.0 Å². The zero-order valence-electron chi connectivity index (χ0n) is 19.6. The second kappa shape index (κ2) is 10.5. The van der Waals surface area contributed by atoms with Crippen LogP contribution in [-0.4, -0.2) is 53.4 Å². The van der Waals surface area contributed by atoms with Crippen LogP contribution >= 0.6 is 0 Å². The van der Waals surface area contributed by atoms with Crippen LogP contribution in [0, 0.1) is 0 Å². The van der Waals surface area contributed by atoms with E-state index in [2.05, 4.69) is 5.32 Å². The lowest BCUT2D eigenvalue weighted by Crippen LogP contribution is -2.46. The van der Waals surface area contributed by atoms with Gasteiger partial charge in [0.05, 0.1) is 5.69 Å². The van der Waals surface area contributed by atoms with Gasteiger partial charge < -0.3 is 24.4 Å². The number of esters is 2. The van der Waals surface area contributed by atoms with Crippen molar-refractivity contribution in [1.82, 2.24) is 4.90 Å². The first-order valence-corrected chi connectivity index (χ1v) is 10.6. The van der Waals surface area contributed by atoms with Gasteiger partial charge >= 0.3 is 11.9 Å². The van der Waals surface area contributed by atoms with Crippen molar-refractivity contribution in [3.63, 3.8) is 0 Å². The summed E-state index contributed by atoms with van der Waals surface area (Å²) in [7, 11) is 0. The van der Waals surface area contributed by atoms with E-state index in [1.807, 2.05) is 20.8 Å². The molecule has 0 saturated carbocycles. The van der Waals surface area contributed by atoms with E-state index in [9.17, 15) is 19.2 Å². The molecule has 1 aromatic rings. The number of nitrogens with zero attached hydrogens (tertiary/aromatic N) is 1. The molecule has 2 amide bonds. The molecule has 32 heavy (non-hydrogen) atoms. The van der Waals surface area contributed by atoms with Crippen LogP contribution in [0.1, 0.15) is 59.9 Å². The molecule has 1 aromatic carbocycles. The maximum absolute atomic E-state index is 12.0. The van der Waals surface area contributed by atoms with Crippen molar-refractivity contribution in [1.29, 1.82) is 0 Å². The lowest BCUT2D eigenvalue weighted by molar-refractivity contribution is -0.148. The molecule has 1 unspecified atom stereocenters. The summed E-state index contributed by atoms with van der Waals surface area (Å²) < 4.78 is 16.6. The molecule has 0 radical (unpaired) electrons. The number of hydrogen-bond acceptors (Lipinski definition) is 7. The molecule has 0 bridgehead atoms. The Morgan fingerprint density at radius 2 is 1.72 bits per heavy atom. The molecule has 0 fully saturated rings. The highest BCUT2D eigenvalue weighted by Gasteiger charge is 2.27. The van der Waals surface area contributed by atoms with Crippen molar-refractivity contribution in [2.75, 3.05) is 18.5 Å². The third kappa shape index (κ3) is 6.96. The minimum absolute atomic E-state index is 0.0640. The molecule has 0 saturated heterocycles. The number of fused-ring (bicyclic) bond motifs is 1. The standard InChI is InChI=1S/C23H32N2O7/c1-14(26)25(23(4,5)6)12-11-17(31-15(2)27)13-30-19-8-9-20(32-16(3)28)22-18(19)7-10-21(29)24-22/h8-9,17H,7,10-13H2,1-6H3,(H,24,29). The second-order valence-corrected chi connectivity index (χ2v) is 8.73. The van der Waals surface area contributed by atoms with Crippen molar-refractivity contribution in [3.8, 4) is 11.5 Å². The van der Waals surface area contributed by atoms with Gasteiger partial charge in [0.1, 0.15) is 18.5 Å². The van der Waals surface area contributed by atoms with Crippen molar-refractivity contribution >= 4 is 29.4 Å². The Morgan fingerprint density at radius 1 is 1.06 bits per heavy atom. The minimum Gasteiger partial charge on any atom is -0.489 e. The Bertz CT molecular complexity index is 889. The lowest BCUT2D eigenvalue weighted by Gasteiger charge is -2.35. The molecule has 0 spiro atoms. The topological polar surface area (TPSA) is 111 Å². The highest BCUT2D eigenvalue weighted by molar-refractivity contribution is 5.97. The average molecular weight is 449 g/mol. The summed E-state index contributed by atoms with van der Waals surface area (Å²) in [5, 5.41) is 2.74. The molecule has 1 heterocycles. The minimum atomic E-state index is -0.571. The number of nitrogens with one attached hydrogen (secondary N) is 1. The fourth-order valence-corrected chi connectivity index (χ4v) is 3.64. The summed E-state index contributed by atoms with van der Waals surface area (Å²) in [6.45, 7) is 10.4. The van der Waals surface area contributed by atoms with Gasteiger partial charge in [-0.2, -0.15) is 0 Å². The Kier molecular flexibility index (Phi) is 8.24. The van der Waals surface area contributed by atoms with Gasteiger partial charge in [0, 0.05) is 51.3 Å². The zero-order chi connectivity index (χ0) is 24.1. The van der Waals surface area contributed by atoms with E-state index >= 15 is 0 Å². The van der Waals surface area contributed by atoms with Crippen molar-refractivity contribution in [3.05, 3.63) is 17.7 Å². The first-order valence-electron chi connectivity index (χ1n) is 10.6. The normalized spacial score (nSPS) is 14.0. The second-order valence-electron chi connectivity index (χ2n) is 8.73. The number of carbonyl (C=O) groups excluding carboxylic acids is 4. The first kappa shape index (κ1) is 25.2. The highest BCUT2D eigenvalue weighted by Crippen LogP contribution is 2.39. The predicted molar refractivity (Wildman–Crippen MR) is 118 cm³/mol. The van der Waals surface area contributed by atoms with Crippen LogP contribution in [0.5, 0.6) is 11.5 Å². The fraction of sp³-hybridized carbons (Fsp3) is 0.565. The number of anilines is 1. The van der Waals surface area contributed by atoms with Crippen molar-refractivity contribution < 1.29 is 33.4 Å². The van der Waals surface area contributed by atoms with Crippen molar-refractivity contribution in [2.45, 2.75) is 72.4 Å². The van der Waals surface area contributed by atoms with E-state index in [0.29, 0.717) is 36.4 Å². The van der Waals surface area contributed by atoms with E-state index in [1.165, 1.54) is 20.8 Å². The van der Waals surface area contributed by atoms with Crippen LogP contribution in [0.15, 0.2) is 12.1 Å². The third-order valence-electron chi connectivity index (χ3n) is 4.97. The quantitative estimate of drug-likeness (QED) is 0.481. The largest absolute Gasteiger partial charge is 0.489 e. The van der Waals surface area contributed by atoms with Crippen LogP contribution < -0.4 is 14.8 Å². The molecule has 1 atom stereocenters. The van der Waals surface area contributed by atoms with Crippen LogP contribution in [-0.2, 0) is 30.3 Å². The molecule has 9 nitrogen and oxygen atoms in total. The van der Waals surface area contributed by atoms with Gasteiger partial charge in [-0.25, -0.2) is 0 Å². The fourth-order valence-electron chi connectivity index (χ4n) is 3.64. The van der Waals surface area contributed by atoms with Gasteiger partial charge in [0.2, 0.25) is 11.8 Å². The zero-order valence-corrected chi connectivity index (χ0v) is 19.6. The Hall–Kier alpha value is -3.10. The summed E-state index contributed by atoms with van der Waals surface area (Å²) in [4.78, 5) is 48.6. The monoisotopic (exact) mass is 448 g/mol. The van der Waals surface area contributed by atoms with Crippen LogP contribution in [0.25, 0.3) is 0 Å². The first-order chi connectivity index (χ1) is 14.9. The molecule has 0 aromatic heterocycles. The van der Waals surface area contributed by atoms with Gasteiger partial charge in [-0.15, -0.1) is 0 Å². The molecule has 1 N–H and O–H groups in total. The molecule has 1 aliphatic rings. The molecular weight excluding hydrogens is 416 g/mol. The summed E-state index contributed by atoms with van der Waals surface area (Å²) >= 11 is 0. The van der Waals surface area contributed by atoms with Gasteiger partial charge in [0.15, 0.2) is 5.75 Å². The van der Waals surface area contributed by atoms with Gasteiger partial charge in [-0.05, 0) is 39.3 Å². The SMILES string of the molecule is CC(=O)Oc1ccc(OCC(CCN(C(C)=O)C(C)(C)C)OC(C)=O)c2c1NC(=O)CC2. The molecule has 9 heteroatoms. The predicted octanol–water partition coefficient (Wildman–Crippen LogP) is 2.84. The maximum atomic E-state index is 12.0. The van der Waals surface area contributed by atoms with E-state index in [-0.39, 0.29) is 36.1 Å². The van der Waals surface area contributed by atoms with Gasteiger partial charge in [0.25, 0.3) is 0 Å². The Morgan fingerprint density at radius 3 is 2.28 bits per heavy atom. The van der Waals surface area contributed by atoms with E-state index in [4.69, 9.17) is 14.2 Å². The smallest absolute Gasteiger partial charge is 0.308 e. The molecule has 1 aliphatic heterocycles. The van der Waals surface area contributed by atoms with Crippen molar-refractivity contribution in [2.24, 2.45) is 0 Å². The number of carbonyl (C=O) groups is 4.